The molecule has 70 valence electrons. The van der Waals surface area contributed by atoms with Gasteiger partial charge in [0, 0.05) is 0 Å². The lowest BCUT2D eigenvalue weighted by Gasteiger charge is -2.08. The molecule has 2 rings (SSSR count). The van der Waals surface area contributed by atoms with Gasteiger partial charge in [-0.25, -0.2) is 0 Å². The van der Waals surface area contributed by atoms with Crippen molar-refractivity contribution in [2.45, 2.75) is 32.1 Å². The second-order valence-corrected chi connectivity index (χ2v) is 4.48. The summed E-state index contributed by atoms with van der Waals surface area (Å²) in [6, 6.07) is 1.92. The molecular weight excluding hydrogens is 232 g/mol. The van der Waals surface area contributed by atoms with Gasteiger partial charge in [-0.3, -0.25) is 4.79 Å². The molecule has 0 bridgehead atoms. The minimum Gasteiger partial charge on any atom is -0.453 e. The predicted octanol–water partition coefficient (Wildman–Crippen LogP) is 2.97. The smallest absolute Gasteiger partial charge is 0.169 e. The van der Waals surface area contributed by atoms with Crippen LogP contribution in [0.1, 0.15) is 31.1 Å². The Labute approximate surface area is 85.4 Å². The van der Waals surface area contributed by atoms with E-state index in [9.17, 15) is 4.79 Å². The SMILES string of the molecule is CC(=O)C1(c2oc(Br)cc2C)CC1. The lowest BCUT2D eigenvalue weighted by atomic mass is 9.96. The van der Waals surface area contributed by atoms with Gasteiger partial charge in [-0.2, -0.15) is 0 Å². The molecule has 0 aliphatic heterocycles. The molecule has 1 aliphatic carbocycles. The third-order valence-corrected chi connectivity index (χ3v) is 3.14. The van der Waals surface area contributed by atoms with Crippen molar-refractivity contribution in [1.29, 1.82) is 0 Å². The Bertz CT molecular complexity index is 361. The van der Waals surface area contributed by atoms with Gasteiger partial charge in [0.15, 0.2) is 4.67 Å². The standard InChI is InChI=1S/C10H11BrO2/c1-6-5-8(11)13-9(6)10(3-4-10)7(2)12/h5H,3-4H2,1-2H3. The van der Waals surface area contributed by atoms with Crippen molar-refractivity contribution >= 4 is 21.7 Å². The van der Waals surface area contributed by atoms with E-state index in [0.717, 1.165) is 24.2 Å². The minimum absolute atomic E-state index is 0.220. The van der Waals surface area contributed by atoms with E-state index in [0.29, 0.717) is 4.67 Å². The zero-order chi connectivity index (χ0) is 9.64. The van der Waals surface area contributed by atoms with Crippen LogP contribution in [-0.4, -0.2) is 5.78 Å². The maximum absolute atomic E-state index is 11.4. The number of furan rings is 1. The highest BCUT2D eigenvalue weighted by Crippen LogP contribution is 2.51. The van der Waals surface area contributed by atoms with Crippen molar-refractivity contribution in [3.05, 3.63) is 22.1 Å². The van der Waals surface area contributed by atoms with E-state index in [4.69, 9.17) is 4.42 Å². The third kappa shape index (κ3) is 1.26. The van der Waals surface area contributed by atoms with Gasteiger partial charge in [0.05, 0.1) is 5.41 Å². The van der Waals surface area contributed by atoms with Crippen LogP contribution in [0.3, 0.4) is 0 Å². The van der Waals surface area contributed by atoms with Gasteiger partial charge in [0.2, 0.25) is 0 Å². The predicted molar refractivity (Wildman–Crippen MR) is 52.7 cm³/mol. The molecule has 0 saturated heterocycles. The molecule has 1 saturated carbocycles. The highest BCUT2D eigenvalue weighted by molar-refractivity contribution is 9.10. The summed E-state index contributed by atoms with van der Waals surface area (Å²) in [4.78, 5) is 11.4. The Morgan fingerprint density at radius 2 is 2.23 bits per heavy atom. The van der Waals surface area contributed by atoms with Gasteiger partial charge in [0.1, 0.15) is 11.5 Å². The molecule has 1 aromatic rings. The van der Waals surface area contributed by atoms with E-state index >= 15 is 0 Å². The molecule has 0 N–H and O–H groups in total. The maximum Gasteiger partial charge on any atom is 0.169 e. The molecule has 1 aromatic heterocycles. The number of ketones is 1. The first-order valence-electron chi connectivity index (χ1n) is 4.34. The average molecular weight is 243 g/mol. The average Bonchev–Trinajstić information content (AvgIpc) is 2.75. The van der Waals surface area contributed by atoms with Crippen molar-refractivity contribution < 1.29 is 9.21 Å². The van der Waals surface area contributed by atoms with Crippen molar-refractivity contribution in [2.75, 3.05) is 0 Å². The van der Waals surface area contributed by atoms with E-state index in [1.54, 1.807) is 6.92 Å². The Morgan fingerprint density at radius 3 is 2.54 bits per heavy atom. The molecule has 0 unspecified atom stereocenters. The Balaban J connectivity index is 2.46. The lowest BCUT2D eigenvalue weighted by Crippen LogP contribution is -2.16. The lowest BCUT2D eigenvalue weighted by molar-refractivity contribution is -0.119. The topological polar surface area (TPSA) is 30.2 Å². The Hall–Kier alpha value is -0.570. The summed E-state index contributed by atoms with van der Waals surface area (Å²) in [6.07, 6.45) is 1.87. The van der Waals surface area contributed by atoms with Crippen molar-refractivity contribution in [1.82, 2.24) is 0 Å². The van der Waals surface area contributed by atoms with Crippen molar-refractivity contribution in [3.8, 4) is 0 Å². The molecule has 1 fully saturated rings. The molecule has 0 amide bonds. The zero-order valence-electron chi connectivity index (χ0n) is 7.69. The molecule has 0 spiro atoms. The van der Waals surface area contributed by atoms with Gasteiger partial charge >= 0.3 is 0 Å². The fourth-order valence-electron chi connectivity index (χ4n) is 1.78. The molecule has 3 heteroatoms. The highest BCUT2D eigenvalue weighted by atomic mass is 79.9. The Kier molecular flexibility index (Phi) is 1.88. The van der Waals surface area contributed by atoms with Crippen LogP contribution in [0.4, 0.5) is 0 Å². The van der Waals surface area contributed by atoms with E-state index < -0.39 is 0 Å². The number of carbonyl (C=O) groups is 1. The van der Waals surface area contributed by atoms with Gasteiger partial charge in [-0.05, 0) is 54.2 Å². The third-order valence-electron chi connectivity index (χ3n) is 2.75. The van der Waals surface area contributed by atoms with Crippen LogP contribution in [0.15, 0.2) is 15.2 Å². The Morgan fingerprint density at radius 1 is 1.62 bits per heavy atom. The van der Waals surface area contributed by atoms with Gasteiger partial charge in [-0.1, -0.05) is 0 Å². The number of carbonyl (C=O) groups excluding carboxylic acids is 1. The van der Waals surface area contributed by atoms with E-state index in [1.165, 1.54) is 0 Å². The molecule has 1 heterocycles. The van der Waals surface area contributed by atoms with E-state index in [2.05, 4.69) is 15.9 Å². The molecule has 2 nitrogen and oxygen atoms in total. The van der Waals surface area contributed by atoms with E-state index in [1.807, 2.05) is 13.0 Å². The fraction of sp³-hybridized carbons (Fsp3) is 0.500. The molecular formula is C10H11BrO2. The van der Waals surface area contributed by atoms with Gasteiger partial charge in [-0.15, -0.1) is 0 Å². The highest BCUT2D eigenvalue weighted by Gasteiger charge is 2.52. The van der Waals surface area contributed by atoms with Crippen LogP contribution in [0.25, 0.3) is 0 Å². The van der Waals surface area contributed by atoms with Crippen LogP contribution in [-0.2, 0) is 10.2 Å². The second kappa shape index (κ2) is 2.71. The summed E-state index contributed by atoms with van der Waals surface area (Å²) in [5.41, 5.74) is 0.787. The van der Waals surface area contributed by atoms with Crippen molar-refractivity contribution in [3.63, 3.8) is 0 Å². The van der Waals surface area contributed by atoms with E-state index in [-0.39, 0.29) is 11.2 Å². The summed E-state index contributed by atoms with van der Waals surface area (Å²) in [5.74, 6) is 1.07. The largest absolute Gasteiger partial charge is 0.453 e. The number of hydrogen-bond donors (Lipinski definition) is 0. The van der Waals surface area contributed by atoms with Crippen LogP contribution in [0, 0.1) is 6.92 Å². The summed E-state index contributed by atoms with van der Waals surface area (Å²) in [5, 5.41) is 0. The fourth-order valence-corrected chi connectivity index (χ4v) is 2.29. The first-order chi connectivity index (χ1) is 6.06. The van der Waals surface area contributed by atoms with Crippen LogP contribution >= 0.6 is 15.9 Å². The molecule has 0 aromatic carbocycles. The van der Waals surface area contributed by atoms with Crippen LogP contribution in [0.5, 0.6) is 0 Å². The maximum atomic E-state index is 11.4. The molecule has 13 heavy (non-hydrogen) atoms. The number of rotatable bonds is 2. The molecule has 0 atom stereocenters. The van der Waals surface area contributed by atoms with Crippen molar-refractivity contribution in [2.24, 2.45) is 0 Å². The first kappa shape index (κ1) is 9.00. The molecule has 0 radical (unpaired) electrons. The van der Waals surface area contributed by atoms with Crippen LogP contribution in [0.2, 0.25) is 0 Å². The number of aryl methyl sites for hydroxylation is 1. The zero-order valence-corrected chi connectivity index (χ0v) is 9.27. The minimum atomic E-state index is -0.282. The quantitative estimate of drug-likeness (QED) is 0.799. The van der Waals surface area contributed by atoms with Gasteiger partial charge < -0.3 is 4.42 Å². The monoisotopic (exact) mass is 242 g/mol. The molecule has 1 aliphatic rings. The number of hydrogen-bond acceptors (Lipinski definition) is 2. The normalized spacial score (nSPS) is 18.7. The second-order valence-electron chi connectivity index (χ2n) is 3.70. The first-order valence-corrected chi connectivity index (χ1v) is 5.13. The summed E-state index contributed by atoms with van der Waals surface area (Å²) < 4.78 is 6.21. The summed E-state index contributed by atoms with van der Waals surface area (Å²) in [6.45, 7) is 3.62. The number of Topliss-reactive ketones (excluding diaryl/α,β-unsaturated/α-hetero) is 1. The summed E-state index contributed by atoms with van der Waals surface area (Å²) >= 11 is 3.27. The number of halogens is 1. The van der Waals surface area contributed by atoms with Gasteiger partial charge in [0.25, 0.3) is 0 Å². The summed E-state index contributed by atoms with van der Waals surface area (Å²) in [7, 11) is 0. The van der Waals surface area contributed by atoms with Crippen LogP contribution < -0.4 is 0 Å².